The number of sulfonamides is 2. The Hall–Kier alpha value is -8.10. The number of carbonyl (C=O) groups is 5. The van der Waals surface area contributed by atoms with E-state index in [1.54, 1.807) is 140 Å². The van der Waals surface area contributed by atoms with Gasteiger partial charge in [-0.15, -0.1) is 0 Å². The number of thioether (sulfide) groups is 1. The molecule has 0 aliphatic carbocycles. The monoisotopic (exact) mass is 1080 g/mol. The number of hydroxylamine groups is 1. The zero-order valence-electron chi connectivity index (χ0n) is 41.4. The summed E-state index contributed by atoms with van der Waals surface area (Å²) in [7, 11) is -8.08. The molecule has 0 fully saturated rings. The molecule has 2 aromatic heterocycles. The summed E-state index contributed by atoms with van der Waals surface area (Å²) in [6.45, 7) is 7.71. The zero-order chi connectivity index (χ0) is 54.0. The van der Waals surface area contributed by atoms with Gasteiger partial charge >= 0.3 is 0 Å². The van der Waals surface area contributed by atoms with Crippen LogP contribution in [0.4, 0.5) is 34.1 Å². The van der Waals surface area contributed by atoms with Gasteiger partial charge in [-0.05, 0) is 123 Å². The van der Waals surface area contributed by atoms with Gasteiger partial charge in [-0.2, -0.15) is 20.9 Å². The van der Waals surface area contributed by atoms with E-state index in [-0.39, 0.29) is 41.3 Å². The molecule has 4 aromatic carbocycles. The molecule has 6 rings (SSSR count). The summed E-state index contributed by atoms with van der Waals surface area (Å²) < 4.78 is 61.9. The van der Waals surface area contributed by atoms with Gasteiger partial charge in [0.25, 0.3) is 37.8 Å². The molecule has 0 spiro atoms. The Kier molecular flexibility index (Phi) is 20.0. The summed E-state index contributed by atoms with van der Waals surface area (Å²) in [5.74, 6) is 0.214. The van der Waals surface area contributed by atoms with Crippen LogP contribution in [0.5, 0.6) is 0 Å². The number of nitrogens with one attached hydrogen (secondary N) is 10. The first-order valence-electron chi connectivity index (χ1n) is 23.1. The van der Waals surface area contributed by atoms with E-state index in [0.29, 0.717) is 99.4 Å². The molecule has 0 aliphatic rings. The van der Waals surface area contributed by atoms with Gasteiger partial charge in [0, 0.05) is 65.0 Å². The highest BCUT2D eigenvalue weighted by atomic mass is 32.2. The van der Waals surface area contributed by atoms with Gasteiger partial charge in [0.1, 0.15) is 5.56 Å². The Bertz CT molecular complexity index is 3240. The molecule has 5 amide bonds. The molecule has 0 radical (unpaired) electrons. The van der Waals surface area contributed by atoms with Crippen molar-refractivity contribution >= 4 is 96.5 Å². The van der Waals surface area contributed by atoms with Crippen LogP contribution in [0.2, 0.25) is 0 Å². The Morgan fingerprint density at radius 3 is 1.56 bits per heavy atom. The van der Waals surface area contributed by atoms with Gasteiger partial charge in [-0.25, -0.2) is 22.3 Å². The van der Waals surface area contributed by atoms with E-state index >= 15 is 0 Å². The fraction of sp³-hybridized carbons (Fsp3) is 0.220. The largest absolute Gasteiger partial charge is 0.351 e. The smallest absolute Gasteiger partial charge is 0.290 e. The van der Waals surface area contributed by atoms with Crippen LogP contribution in [0.25, 0.3) is 0 Å². The number of aryl methyl sites for hydroxylation is 2. The molecule has 6 aromatic rings. The van der Waals surface area contributed by atoms with Crippen molar-refractivity contribution in [2.75, 3.05) is 55.5 Å². The van der Waals surface area contributed by atoms with Crippen molar-refractivity contribution in [3.8, 4) is 0 Å². The lowest BCUT2D eigenvalue weighted by Crippen LogP contribution is -2.41. The van der Waals surface area contributed by atoms with Crippen LogP contribution in [0.1, 0.15) is 38.2 Å². The van der Waals surface area contributed by atoms with Gasteiger partial charge in [0.15, 0.2) is 24.8 Å². The van der Waals surface area contributed by atoms with Crippen LogP contribution in [0.3, 0.4) is 0 Å². The second-order valence-corrected chi connectivity index (χ2v) is 21.2. The maximum absolute atomic E-state index is 13.4. The van der Waals surface area contributed by atoms with E-state index in [0.717, 1.165) is 5.56 Å². The van der Waals surface area contributed by atoms with Gasteiger partial charge in [-0.3, -0.25) is 60.0 Å². The first-order valence-corrected chi connectivity index (χ1v) is 27.2. The van der Waals surface area contributed by atoms with E-state index in [1.165, 1.54) is 24.3 Å². The number of benzene rings is 4. The first kappa shape index (κ1) is 56.2. The lowest BCUT2D eigenvalue weighted by Gasteiger charge is -2.16. The number of aromatic nitrogens is 2. The molecule has 0 bridgehead atoms. The van der Waals surface area contributed by atoms with Crippen molar-refractivity contribution in [3.05, 3.63) is 155 Å². The van der Waals surface area contributed by atoms with E-state index in [1.807, 2.05) is 6.07 Å². The van der Waals surface area contributed by atoms with Crippen LogP contribution >= 0.6 is 11.8 Å². The zero-order valence-corrected chi connectivity index (χ0v) is 43.8. The summed E-state index contributed by atoms with van der Waals surface area (Å²) in [6.07, 6.45) is 7.68. The van der Waals surface area contributed by atoms with Gasteiger partial charge in [0.2, 0.25) is 25.9 Å². The molecule has 25 heteroatoms. The van der Waals surface area contributed by atoms with Crippen LogP contribution in [-0.4, -0.2) is 72.0 Å². The third-order valence-corrected chi connectivity index (χ3v) is 15.1. The highest BCUT2D eigenvalue weighted by molar-refractivity contribution is 7.99. The summed E-state index contributed by atoms with van der Waals surface area (Å²) in [5, 5.41) is 8.60. The molecule has 22 nitrogen and oxygen atoms in total. The topological polar surface area (TPSA) is 291 Å². The second kappa shape index (κ2) is 26.7. The SMILES string of the molecule is Cc1ccc(S(=O)(=O)Nc2ccc(NNC=O)cc2)c(C)c1NC(=O)C[n+]1cccc(CONCCSCCNC(=O)c2ccc[n+](CC(=O)Nc3c(C)ccc(S(=O)(=O)Nc4ccc(NNC=O)cc4)c3C)c2)c1. The minimum Gasteiger partial charge on any atom is -0.351 e. The predicted molar refractivity (Wildman–Crippen MR) is 285 cm³/mol. The minimum absolute atomic E-state index is 0.00347. The van der Waals surface area contributed by atoms with Crippen molar-refractivity contribution in [1.29, 1.82) is 0 Å². The molecule has 0 saturated carbocycles. The number of nitrogens with zero attached hydrogens (tertiary/aromatic N) is 2. The van der Waals surface area contributed by atoms with Gasteiger partial charge in [0.05, 0.1) is 27.8 Å². The van der Waals surface area contributed by atoms with Crippen LogP contribution < -0.4 is 61.7 Å². The molecule has 0 aliphatic heterocycles. The summed E-state index contributed by atoms with van der Waals surface area (Å²) in [4.78, 5) is 66.2. The van der Waals surface area contributed by atoms with E-state index < -0.39 is 26.0 Å². The molecule has 2 heterocycles. The molecular formula is C50H58N12O10S3+2. The standard InChI is InChI=1S/C50H56N12O10S3/c1-34-9-19-44(74(68,69)59-42-15-11-40(12-16-42)57-52-32-63)36(3)48(34)55-46(65)29-61-23-5-7-38(27-61)31-72-54-22-26-73-25-21-51-50(67)39-8-6-24-62(28-39)30-47(66)56-49-35(2)10-20-45(37(49)4)75(70,71)60-43-17-13-41(14-18-43)58-53-33-64/h5-20,23-24,27-28,32-33,54,57-60H,21-22,25-26,29-31H2,1-4H3,(H3-2,51,52,53,55,56,63,64,65,66,67)/p+2. The van der Waals surface area contributed by atoms with Crippen molar-refractivity contribution < 1.29 is 54.8 Å². The lowest BCUT2D eigenvalue weighted by molar-refractivity contribution is -0.684. The van der Waals surface area contributed by atoms with Crippen LogP contribution in [-0.2, 0) is 63.8 Å². The number of hydrazine groups is 2. The highest BCUT2D eigenvalue weighted by Crippen LogP contribution is 2.30. The van der Waals surface area contributed by atoms with Crippen LogP contribution in [0, 0.1) is 27.7 Å². The number of hydrogen-bond acceptors (Lipinski definition) is 14. The van der Waals surface area contributed by atoms with Crippen LogP contribution in [0.15, 0.2) is 132 Å². The molecular weight excluding hydrogens is 1020 g/mol. The van der Waals surface area contributed by atoms with Crippen molar-refractivity contribution in [3.63, 3.8) is 0 Å². The fourth-order valence-corrected chi connectivity index (χ4v) is 10.8. The second-order valence-electron chi connectivity index (χ2n) is 16.7. The number of carbonyl (C=O) groups excluding carboxylic acids is 5. The maximum Gasteiger partial charge on any atom is 0.290 e. The Labute approximate surface area is 438 Å². The Balaban J connectivity index is 0.886. The molecule has 0 saturated heterocycles. The van der Waals surface area contributed by atoms with Crippen molar-refractivity contribution in [1.82, 2.24) is 21.6 Å². The van der Waals surface area contributed by atoms with E-state index in [2.05, 4.69) is 52.6 Å². The maximum atomic E-state index is 13.4. The fourth-order valence-electron chi connectivity index (χ4n) is 7.48. The van der Waals surface area contributed by atoms with Crippen molar-refractivity contribution in [2.24, 2.45) is 0 Å². The minimum atomic E-state index is -4.05. The summed E-state index contributed by atoms with van der Waals surface area (Å²) >= 11 is 1.60. The third kappa shape index (κ3) is 16.4. The third-order valence-electron chi connectivity index (χ3n) is 11.1. The first-order chi connectivity index (χ1) is 36.0. The molecule has 0 unspecified atom stereocenters. The number of hydrogen-bond donors (Lipinski definition) is 10. The average Bonchev–Trinajstić information content (AvgIpc) is 3.38. The normalized spacial score (nSPS) is 11.1. The number of amides is 5. The molecule has 75 heavy (non-hydrogen) atoms. The van der Waals surface area contributed by atoms with E-state index in [4.69, 9.17) is 4.84 Å². The van der Waals surface area contributed by atoms with Gasteiger partial charge in [-0.1, -0.05) is 12.1 Å². The summed E-state index contributed by atoms with van der Waals surface area (Å²) in [6, 6.07) is 25.7. The molecule has 10 N–H and O–H groups in total. The predicted octanol–water partition coefficient (Wildman–Crippen LogP) is 3.70. The lowest BCUT2D eigenvalue weighted by atomic mass is 10.1. The molecule has 394 valence electrons. The Morgan fingerprint density at radius 2 is 1.05 bits per heavy atom. The highest BCUT2D eigenvalue weighted by Gasteiger charge is 2.24. The number of rotatable bonds is 28. The molecule has 0 atom stereocenters. The average molecular weight is 1080 g/mol. The van der Waals surface area contributed by atoms with Crippen molar-refractivity contribution in [2.45, 2.75) is 57.2 Å². The Morgan fingerprint density at radius 1 is 0.587 bits per heavy atom. The van der Waals surface area contributed by atoms with Gasteiger partial charge < -0.3 is 16.0 Å². The quantitative estimate of drug-likeness (QED) is 0.0145. The number of pyridine rings is 2. The van der Waals surface area contributed by atoms with E-state index in [9.17, 15) is 40.8 Å². The number of anilines is 6. The summed E-state index contributed by atoms with van der Waals surface area (Å²) in [5.41, 5.74) is 18.5.